The van der Waals surface area contributed by atoms with Crippen molar-refractivity contribution in [3.05, 3.63) is 84.4 Å². The average Bonchev–Trinajstić information content (AvgIpc) is 3.54. The summed E-state index contributed by atoms with van der Waals surface area (Å²) in [5, 5.41) is 20.5. The van der Waals surface area contributed by atoms with Gasteiger partial charge in [-0.3, -0.25) is 4.79 Å². The van der Waals surface area contributed by atoms with Crippen LogP contribution in [0.1, 0.15) is 24.2 Å². The molecular formula is C35H37N5O7. The van der Waals surface area contributed by atoms with Crippen molar-refractivity contribution in [1.29, 1.82) is 0 Å². The van der Waals surface area contributed by atoms with Crippen molar-refractivity contribution in [3.63, 3.8) is 0 Å². The van der Waals surface area contributed by atoms with Gasteiger partial charge in [-0.15, -0.1) is 0 Å². The summed E-state index contributed by atoms with van der Waals surface area (Å²) in [6.07, 6.45) is -0.585. The first-order valence-corrected chi connectivity index (χ1v) is 15.4. The molecule has 0 aromatic heterocycles. The second kappa shape index (κ2) is 13.5. The molecule has 5 amide bonds. The Balaban J connectivity index is 1.25. The molecule has 0 bridgehead atoms. The molecule has 4 aromatic carbocycles. The van der Waals surface area contributed by atoms with E-state index < -0.39 is 18.2 Å². The monoisotopic (exact) mass is 639 g/mol. The Morgan fingerprint density at radius 2 is 1.70 bits per heavy atom. The minimum atomic E-state index is -0.585. The Morgan fingerprint density at radius 1 is 0.957 bits per heavy atom. The van der Waals surface area contributed by atoms with Crippen molar-refractivity contribution in [2.45, 2.75) is 26.0 Å². The van der Waals surface area contributed by atoms with E-state index in [1.54, 1.807) is 55.3 Å². The van der Waals surface area contributed by atoms with Crippen LogP contribution in [0.5, 0.6) is 17.2 Å². The molecule has 4 N–H and O–H groups in total. The van der Waals surface area contributed by atoms with Gasteiger partial charge in [-0.25, -0.2) is 9.59 Å². The summed E-state index contributed by atoms with van der Waals surface area (Å²) in [4.78, 5) is 43.6. The predicted octanol–water partition coefficient (Wildman–Crippen LogP) is 5.60. The van der Waals surface area contributed by atoms with Gasteiger partial charge in [0.2, 0.25) is 6.79 Å². The molecule has 4 aromatic rings. The summed E-state index contributed by atoms with van der Waals surface area (Å²) in [6.45, 7) is 4.03. The predicted molar refractivity (Wildman–Crippen MR) is 178 cm³/mol. The summed E-state index contributed by atoms with van der Waals surface area (Å²) in [5.74, 6) is 0.682. The van der Waals surface area contributed by atoms with E-state index in [2.05, 4.69) is 16.0 Å². The zero-order valence-electron chi connectivity index (χ0n) is 26.4. The van der Waals surface area contributed by atoms with Crippen molar-refractivity contribution >= 4 is 45.8 Å². The van der Waals surface area contributed by atoms with Crippen LogP contribution in [0.25, 0.3) is 10.8 Å². The topological polar surface area (TPSA) is 142 Å². The van der Waals surface area contributed by atoms with Gasteiger partial charge in [-0.2, -0.15) is 0 Å². The van der Waals surface area contributed by atoms with Gasteiger partial charge in [0.15, 0.2) is 17.2 Å². The highest BCUT2D eigenvalue weighted by Gasteiger charge is 2.35. The van der Waals surface area contributed by atoms with Gasteiger partial charge in [0.05, 0.1) is 36.1 Å². The number of likely N-dealkylation sites (N-methyl/N-ethyl adjacent to an activating group) is 1. The van der Waals surface area contributed by atoms with Gasteiger partial charge in [-0.1, -0.05) is 49.4 Å². The standard InChI is InChI=1S/C35H37N5O7/c1-21-17-40(22(2)19-41)33(42)26-11-7-13-28(37-34(43)36-24-14-15-29-30(16-24)46-20-45-29)32(26)47-31(21)18-39(3)35(44)38-27-12-6-9-23-8-4-5-10-25(23)27/h4-16,21-22,31,41H,17-20H2,1-3H3,(H,38,44)(H2,36,37,43)/t21-,22-,31+/m1/s1. The molecule has 0 saturated heterocycles. The highest BCUT2D eigenvalue weighted by Crippen LogP contribution is 2.36. The third kappa shape index (κ3) is 6.73. The SMILES string of the molecule is C[C@@H]1CN([C@H](C)CO)C(=O)c2cccc(NC(=O)Nc3ccc4c(c3)OCO4)c2O[C@H]1CN(C)C(=O)Nc1cccc2ccccc12. The fraction of sp³-hybridized carbons (Fsp3) is 0.286. The van der Waals surface area contributed by atoms with Gasteiger partial charge in [-0.05, 0) is 42.6 Å². The highest BCUT2D eigenvalue weighted by atomic mass is 16.7. The first kappa shape index (κ1) is 31.5. The summed E-state index contributed by atoms with van der Waals surface area (Å²) in [5.41, 5.74) is 1.67. The number of hydrogen-bond donors (Lipinski definition) is 4. The van der Waals surface area contributed by atoms with Gasteiger partial charge < -0.3 is 45.1 Å². The summed E-state index contributed by atoms with van der Waals surface area (Å²) < 4.78 is 17.3. The average molecular weight is 640 g/mol. The molecule has 0 aliphatic carbocycles. The van der Waals surface area contributed by atoms with Crippen LogP contribution < -0.4 is 30.2 Å². The van der Waals surface area contributed by atoms with Gasteiger partial charge >= 0.3 is 12.1 Å². The molecule has 2 aliphatic rings. The Kier molecular flexibility index (Phi) is 9.03. The van der Waals surface area contributed by atoms with Crippen molar-refractivity contribution in [1.82, 2.24) is 9.80 Å². The van der Waals surface area contributed by atoms with E-state index in [-0.39, 0.29) is 61.3 Å². The highest BCUT2D eigenvalue weighted by molar-refractivity contribution is 6.05. The van der Waals surface area contributed by atoms with Crippen molar-refractivity contribution in [3.8, 4) is 17.2 Å². The number of para-hydroxylation sites is 1. The lowest BCUT2D eigenvalue weighted by Crippen LogP contribution is -2.50. The Morgan fingerprint density at radius 3 is 2.53 bits per heavy atom. The van der Waals surface area contributed by atoms with E-state index in [1.807, 2.05) is 49.4 Å². The molecule has 2 aliphatic heterocycles. The number of fused-ring (bicyclic) bond motifs is 3. The van der Waals surface area contributed by atoms with Crippen LogP contribution in [-0.4, -0.2) is 78.6 Å². The molecule has 2 heterocycles. The molecule has 47 heavy (non-hydrogen) atoms. The molecule has 0 fully saturated rings. The van der Waals surface area contributed by atoms with E-state index in [9.17, 15) is 19.5 Å². The Hall–Kier alpha value is -5.49. The third-order valence-corrected chi connectivity index (χ3v) is 8.40. The second-order valence-electron chi connectivity index (χ2n) is 11.8. The summed E-state index contributed by atoms with van der Waals surface area (Å²) in [6, 6.07) is 22.1. The quantitative estimate of drug-likeness (QED) is 0.206. The van der Waals surface area contributed by atoms with E-state index >= 15 is 0 Å². The number of carbonyl (C=O) groups is 3. The minimum Gasteiger partial charge on any atom is -0.485 e. The molecule has 244 valence electrons. The lowest BCUT2D eigenvalue weighted by molar-refractivity contribution is 0.0373. The number of benzene rings is 4. The van der Waals surface area contributed by atoms with Crippen LogP contribution in [0.4, 0.5) is 26.7 Å². The Bertz CT molecular complexity index is 1810. The maximum absolute atomic E-state index is 13.8. The smallest absolute Gasteiger partial charge is 0.323 e. The lowest BCUT2D eigenvalue weighted by atomic mass is 9.99. The van der Waals surface area contributed by atoms with Crippen LogP contribution in [-0.2, 0) is 0 Å². The van der Waals surface area contributed by atoms with Crippen molar-refractivity contribution < 1.29 is 33.7 Å². The molecule has 6 rings (SSSR count). The maximum atomic E-state index is 13.8. The van der Waals surface area contributed by atoms with Crippen LogP contribution in [0, 0.1) is 5.92 Å². The van der Waals surface area contributed by atoms with E-state index in [0.29, 0.717) is 22.9 Å². The van der Waals surface area contributed by atoms with Crippen LogP contribution >= 0.6 is 0 Å². The molecule has 0 spiro atoms. The number of rotatable bonds is 7. The molecule has 0 radical (unpaired) electrons. The fourth-order valence-corrected chi connectivity index (χ4v) is 5.72. The number of amides is 5. The van der Waals surface area contributed by atoms with E-state index in [4.69, 9.17) is 14.2 Å². The molecule has 0 unspecified atom stereocenters. The van der Waals surface area contributed by atoms with Gasteiger partial charge in [0.25, 0.3) is 5.91 Å². The van der Waals surface area contributed by atoms with Crippen molar-refractivity contribution in [2.24, 2.45) is 5.92 Å². The minimum absolute atomic E-state index is 0.109. The molecule has 12 heteroatoms. The first-order chi connectivity index (χ1) is 22.7. The van der Waals surface area contributed by atoms with Gasteiger partial charge in [0, 0.05) is 36.7 Å². The lowest BCUT2D eigenvalue weighted by Gasteiger charge is -2.38. The number of aliphatic hydroxyl groups is 1. The molecule has 0 saturated carbocycles. The number of carbonyl (C=O) groups excluding carboxylic acids is 3. The number of ether oxygens (including phenoxy) is 3. The number of hydrogen-bond acceptors (Lipinski definition) is 7. The molecular weight excluding hydrogens is 602 g/mol. The number of nitrogens with zero attached hydrogens (tertiary/aromatic N) is 2. The summed E-state index contributed by atoms with van der Waals surface area (Å²) >= 11 is 0. The van der Waals surface area contributed by atoms with Crippen LogP contribution in [0.15, 0.2) is 78.9 Å². The van der Waals surface area contributed by atoms with Crippen molar-refractivity contribution in [2.75, 3.05) is 49.5 Å². The van der Waals surface area contributed by atoms with Crippen LogP contribution in [0.2, 0.25) is 0 Å². The maximum Gasteiger partial charge on any atom is 0.323 e. The Labute approximate surface area is 272 Å². The largest absolute Gasteiger partial charge is 0.485 e. The van der Waals surface area contributed by atoms with Crippen LogP contribution in [0.3, 0.4) is 0 Å². The second-order valence-corrected chi connectivity index (χ2v) is 11.8. The molecule has 3 atom stereocenters. The zero-order valence-corrected chi connectivity index (χ0v) is 26.4. The third-order valence-electron chi connectivity index (χ3n) is 8.40. The van der Waals surface area contributed by atoms with E-state index in [1.165, 1.54) is 4.90 Å². The number of urea groups is 2. The number of aliphatic hydroxyl groups excluding tert-OH is 1. The number of anilines is 3. The fourth-order valence-electron chi connectivity index (χ4n) is 5.72. The zero-order chi connectivity index (χ0) is 33.1. The van der Waals surface area contributed by atoms with Gasteiger partial charge in [0.1, 0.15) is 6.10 Å². The summed E-state index contributed by atoms with van der Waals surface area (Å²) in [7, 11) is 1.68. The number of nitrogens with one attached hydrogen (secondary N) is 3. The first-order valence-electron chi connectivity index (χ1n) is 15.4. The van der Waals surface area contributed by atoms with E-state index in [0.717, 1.165) is 10.8 Å². The normalized spacial score (nSPS) is 17.5. The molecule has 12 nitrogen and oxygen atoms in total.